The minimum Gasteiger partial charge on any atom is -0.394 e. The van der Waals surface area contributed by atoms with Crippen LogP contribution in [-0.2, 0) is 12.8 Å². The monoisotopic (exact) mass is 409 g/mol. The van der Waals surface area contributed by atoms with E-state index >= 15 is 0 Å². The van der Waals surface area contributed by atoms with Crippen molar-refractivity contribution in [2.75, 3.05) is 11.9 Å². The van der Waals surface area contributed by atoms with Gasteiger partial charge in [-0.3, -0.25) is 0 Å². The Hall–Kier alpha value is -0.840. The molecule has 2 nitrogen and oxygen atoms in total. The summed E-state index contributed by atoms with van der Waals surface area (Å²) in [6, 6.07) is 14.5. The van der Waals surface area contributed by atoms with Crippen LogP contribution in [0.25, 0.3) is 0 Å². The van der Waals surface area contributed by atoms with Gasteiger partial charge in [0.05, 0.1) is 12.1 Å². The molecule has 1 aliphatic carbocycles. The average molecular weight is 411 g/mol. The van der Waals surface area contributed by atoms with Gasteiger partial charge < -0.3 is 10.4 Å². The molecule has 0 amide bonds. The number of anilines is 1. The predicted molar refractivity (Wildman–Crippen MR) is 93.7 cm³/mol. The molecule has 3 rings (SSSR count). The van der Waals surface area contributed by atoms with Gasteiger partial charge >= 0.3 is 0 Å². The molecule has 0 spiro atoms. The van der Waals surface area contributed by atoms with Crippen molar-refractivity contribution in [1.29, 1.82) is 0 Å². The average Bonchev–Trinajstić information content (AvgIpc) is 2.50. The van der Waals surface area contributed by atoms with Crippen molar-refractivity contribution >= 4 is 37.5 Å². The van der Waals surface area contributed by atoms with Crippen molar-refractivity contribution < 1.29 is 5.11 Å². The van der Waals surface area contributed by atoms with Crippen molar-refractivity contribution in [2.24, 2.45) is 0 Å². The van der Waals surface area contributed by atoms with Crippen LogP contribution in [0.5, 0.6) is 0 Å². The van der Waals surface area contributed by atoms with Gasteiger partial charge in [-0.05, 0) is 70.6 Å². The highest BCUT2D eigenvalue weighted by atomic mass is 79.9. The van der Waals surface area contributed by atoms with Crippen LogP contribution in [-0.4, -0.2) is 17.3 Å². The lowest BCUT2D eigenvalue weighted by molar-refractivity contribution is 0.196. The maximum absolute atomic E-state index is 9.99. The molecule has 0 heterocycles. The fraction of sp³-hybridized carbons (Fsp3) is 0.294. The van der Waals surface area contributed by atoms with Crippen LogP contribution in [0.15, 0.2) is 51.4 Å². The van der Waals surface area contributed by atoms with Gasteiger partial charge in [0.25, 0.3) is 0 Å². The lowest BCUT2D eigenvalue weighted by atomic mass is 9.78. The Kier molecular flexibility index (Phi) is 4.38. The molecule has 0 aliphatic heterocycles. The Bertz CT molecular complexity index is 659. The van der Waals surface area contributed by atoms with Crippen LogP contribution in [0.2, 0.25) is 0 Å². The van der Waals surface area contributed by atoms with Crippen LogP contribution in [0.4, 0.5) is 5.69 Å². The second-order valence-corrected chi connectivity index (χ2v) is 7.40. The van der Waals surface area contributed by atoms with Crippen molar-refractivity contribution in [1.82, 2.24) is 0 Å². The minimum atomic E-state index is -0.287. The molecule has 1 unspecified atom stereocenters. The molecule has 1 atom stereocenters. The van der Waals surface area contributed by atoms with Crippen molar-refractivity contribution in [2.45, 2.75) is 24.8 Å². The normalized spacial score (nSPS) is 20.9. The minimum absolute atomic E-state index is 0.129. The third-order valence-corrected chi connectivity index (χ3v) is 5.33. The van der Waals surface area contributed by atoms with E-state index in [2.05, 4.69) is 55.4 Å². The maximum Gasteiger partial charge on any atom is 0.0664 e. The first-order chi connectivity index (χ1) is 10.1. The second-order valence-electron chi connectivity index (χ2n) is 5.63. The summed E-state index contributed by atoms with van der Waals surface area (Å²) in [5.74, 6) is 0. The molecule has 0 bridgehead atoms. The smallest absolute Gasteiger partial charge is 0.0664 e. The van der Waals surface area contributed by atoms with E-state index in [1.807, 2.05) is 24.3 Å². The van der Waals surface area contributed by atoms with E-state index in [4.69, 9.17) is 0 Å². The molecule has 110 valence electrons. The van der Waals surface area contributed by atoms with Gasteiger partial charge in [0.1, 0.15) is 0 Å². The van der Waals surface area contributed by atoms with E-state index in [0.29, 0.717) is 0 Å². The number of fused-ring (bicyclic) bond motifs is 1. The molecular formula is C17H17Br2NO. The summed E-state index contributed by atoms with van der Waals surface area (Å²) in [6.07, 6.45) is 2.74. The molecule has 2 aromatic rings. The SMILES string of the molecule is OCC1(Nc2ccccc2Br)CCc2cc(Br)ccc2C1. The van der Waals surface area contributed by atoms with Gasteiger partial charge in [-0.2, -0.15) is 0 Å². The van der Waals surface area contributed by atoms with Crippen LogP contribution >= 0.6 is 31.9 Å². The van der Waals surface area contributed by atoms with Crippen molar-refractivity contribution in [3.63, 3.8) is 0 Å². The summed E-state index contributed by atoms with van der Waals surface area (Å²) in [5.41, 5.74) is 3.44. The standard InChI is InChI=1S/C17H17Br2NO/c18-14-6-5-13-10-17(11-21,8-7-12(13)9-14)20-16-4-2-1-3-15(16)19/h1-6,9,20-21H,7-8,10-11H2. The highest BCUT2D eigenvalue weighted by molar-refractivity contribution is 9.10. The second kappa shape index (κ2) is 6.11. The van der Waals surface area contributed by atoms with Gasteiger partial charge in [-0.1, -0.05) is 34.1 Å². The zero-order valence-electron chi connectivity index (χ0n) is 11.6. The molecule has 0 saturated carbocycles. The van der Waals surface area contributed by atoms with Gasteiger partial charge in [0, 0.05) is 14.6 Å². The van der Waals surface area contributed by atoms with E-state index in [1.54, 1.807) is 0 Å². The van der Waals surface area contributed by atoms with E-state index < -0.39 is 0 Å². The Morgan fingerprint density at radius 3 is 2.67 bits per heavy atom. The number of benzene rings is 2. The van der Waals surface area contributed by atoms with Gasteiger partial charge in [-0.25, -0.2) is 0 Å². The number of aliphatic hydroxyl groups excluding tert-OH is 1. The Morgan fingerprint density at radius 2 is 1.90 bits per heavy atom. The number of nitrogens with one attached hydrogen (secondary N) is 1. The third-order valence-electron chi connectivity index (χ3n) is 4.15. The van der Waals surface area contributed by atoms with Crippen LogP contribution in [0.3, 0.4) is 0 Å². The molecule has 1 aliphatic rings. The van der Waals surface area contributed by atoms with E-state index in [1.165, 1.54) is 11.1 Å². The number of aliphatic hydroxyl groups is 1. The fourth-order valence-corrected chi connectivity index (χ4v) is 3.75. The molecule has 0 radical (unpaired) electrons. The predicted octanol–water partition coefficient (Wildman–Crippen LogP) is 4.54. The number of hydrogen-bond acceptors (Lipinski definition) is 2. The molecule has 2 N–H and O–H groups in total. The van der Waals surface area contributed by atoms with E-state index in [0.717, 1.165) is 33.9 Å². The topological polar surface area (TPSA) is 32.3 Å². The fourth-order valence-electron chi connectivity index (χ4n) is 2.96. The first-order valence-electron chi connectivity index (χ1n) is 7.03. The largest absolute Gasteiger partial charge is 0.394 e. The molecule has 2 aromatic carbocycles. The number of halogens is 2. The van der Waals surface area contributed by atoms with Crippen molar-refractivity contribution in [3.8, 4) is 0 Å². The number of aryl methyl sites for hydroxylation is 1. The maximum atomic E-state index is 9.99. The van der Waals surface area contributed by atoms with Crippen LogP contribution in [0, 0.1) is 0 Å². The summed E-state index contributed by atoms with van der Waals surface area (Å²) in [4.78, 5) is 0. The number of rotatable bonds is 3. The molecule has 0 fully saturated rings. The van der Waals surface area contributed by atoms with Gasteiger partial charge in [0.15, 0.2) is 0 Å². The molecular weight excluding hydrogens is 394 g/mol. The Balaban J connectivity index is 1.89. The summed E-state index contributed by atoms with van der Waals surface area (Å²) in [5, 5.41) is 13.5. The zero-order chi connectivity index (χ0) is 14.9. The quantitative estimate of drug-likeness (QED) is 0.778. The number of hydrogen-bond donors (Lipinski definition) is 2. The Morgan fingerprint density at radius 1 is 1.10 bits per heavy atom. The lowest BCUT2D eigenvalue weighted by Gasteiger charge is -2.38. The lowest BCUT2D eigenvalue weighted by Crippen LogP contribution is -2.47. The Labute approximate surface area is 141 Å². The first-order valence-corrected chi connectivity index (χ1v) is 8.61. The summed E-state index contributed by atoms with van der Waals surface area (Å²) in [7, 11) is 0. The zero-order valence-corrected chi connectivity index (χ0v) is 14.7. The first kappa shape index (κ1) is 15.1. The molecule has 0 saturated heterocycles. The van der Waals surface area contributed by atoms with Gasteiger partial charge in [-0.15, -0.1) is 0 Å². The van der Waals surface area contributed by atoms with Crippen molar-refractivity contribution in [3.05, 3.63) is 62.5 Å². The van der Waals surface area contributed by atoms with Crippen LogP contribution in [0.1, 0.15) is 17.5 Å². The number of para-hydroxylation sites is 1. The summed E-state index contributed by atoms with van der Waals surface area (Å²) < 4.78 is 2.15. The highest BCUT2D eigenvalue weighted by Crippen LogP contribution is 2.34. The molecule has 4 heteroatoms. The third kappa shape index (κ3) is 3.17. The molecule has 0 aromatic heterocycles. The molecule has 21 heavy (non-hydrogen) atoms. The summed E-state index contributed by atoms with van der Waals surface area (Å²) in [6.45, 7) is 0.129. The van der Waals surface area contributed by atoms with E-state index in [-0.39, 0.29) is 12.1 Å². The summed E-state index contributed by atoms with van der Waals surface area (Å²) >= 11 is 7.10. The van der Waals surface area contributed by atoms with Crippen LogP contribution < -0.4 is 5.32 Å². The van der Waals surface area contributed by atoms with Gasteiger partial charge in [0.2, 0.25) is 0 Å². The highest BCUT2D eigenvalue weighted by Gasteiger charge is 2.34. The van der Waals surface area contributed by atoms with E-state index in [9.17, 15) is 5.11 Å².